The fourth-order valence-corrected chi connectivity index (χ4v) is 3.97. The minimum atomic E-state index is -3.76. The number of sulfonamides is 1. The van der Waals surface area contributed by atoms with Crippen LogP contribution in [0.3, 0.4) is 0 Å². The maximum atomic E-state index is 12.3. The van der Waals surface area contributed by atoms with Crippen molar-refractivity contribution in [1.29, 1.82) is 0 Å². The standard InChI is InChI=1S/C16H15N5O4S2/c1-11(21-14(22)3-2-8-18-21)15(23)19-12-4-6-13(7-5-12)27(24,25)20-16-17-9-10-26-16/h2-11H,1H3,(H,17,20)(H,19,23). The fourth-order valence-electron chi connectivity index (χ4n) is 2.18. The number of hydrogen-bond donors (Lipinski definition) is 2. The highest BCUT2D eigenvalue weighted by atomic mass is 32.2. The molecule has 0 aliphatic rings. The number of nitrogens with one attached hydrogen (secondary N) is 2. The molecule has 9 nitrogen and oxygen atoms in total. The molecule has 0 aliphatic carbocycles. The Morgan fingerprint density at radius 2 is 1.93 bits per heavy atom. The van der Waals surface area contributed by atoms with Gasteiger partial charge in [0.15, 0.2) is 5.13 Å². The van der Waals surface area contributed by atoms with E-state index in [2.05, 4.69) is 20.1 Å². The second-order valence-electron chi connectivity index (χ2n) is 5.44. The maximum absolute atomic E-state index is 12.3. The normalized spacial score (nSPS) is 12.3. The highest BCUT2D eigenvalue weighted by molar-refractivity contribution is 7.93. The Hall–Kier alpha value is -3.05. The Bertz CT molecular complexity index is 1090. The van der Waals surface area contributed by atoms with Gasteiger partial charge in [-0.1, -0.05) is 0 Å². The van der Waals surface area contributed by atoms with Crippen LogP contribution in [0.1, 0.15) is 13.0 Å². The van der Waals surface area contributed by atoms with Crippen LogP contribution in [-0.4, -0.2) is 29.1 Å². The lowest BCUT2D eigenvalue weighted by Gasteiger charge is -2.14. The second-order valence-corrected chi connectivity index (χ2v) is 8.02. The number of carbonyl (C=O) groups excluding carboxylic acids is 1. The van der Waals surface area contributed by atoms with Crippen LogP contribution in [-0.2, 0) is 14.8 Å². The molecule has 3 aromatic rings. The van der Waals surface area contributed by atoms with Crippen molar-refractivity contribution in [3.05, 3.63) is 64.5 Å². The van der Waals surface area contributed by atoms with Crippen LogP contribution in [0.5, 0.6) is 0 Å². The Morgan fingerprint density at radius 3 is 2.56 bits per heavy atom. The molecule has 0 saturated heterocycles. The van der Waals surface area contributed by atoms with Gasteiger partial charge in [0.1, 0.15) is 6.04 Å². The lowest BCUT2D eigenvalue weighted by molar-refractivity contribution is -0.119. The molecule has 0 fully saturated rings. The molecule has 0 spiro atoms. The molecular formula is C16H15N5O4S2. The summed E-state index contributed by atoms with van der Waals surface area (Å²) in [4.78, 5) is 28.0. The van der Waals surface area contributed by atoms with Gasteiger partial charge in [0.2, 0.25) is 5.91 Å². The zero-order valence-corrected chi connectivity index (χ0v) is 15.7. The molecule has 140 valence electrons. The number of amides is 1. The largest absolute Gasteiger partial charge is 0.324 e. The number of hydrogen-bond acceptors (Lipinski definition) is 7. The topological polar surface area (TPSA) is 123 Å². The van der Waals surface area contributed by atoms with Gasteiger partial charge in [-0.2, -0.15) is 5.10 Å². The third-order valence-corrected chi connectivity index (χ3v) is 5.75. The molecule has 0 radical (unpaired) electrons. The van der Waals surface area contributed by atoms with Gasteiger partial charge in [-0.25, -0.2) is 18.1 Å². The Kier molecular flexibility index (Phi) is 5.33. The van der Waals surface area contributed by atoms with Crippen molar-refractivity contribution in [3.63, 3.8) is 0 Å². The van der Waals surface area contributed by atoms with E-state index in [4.69, 9.17) is 0 Å². The molecule has 0 aliphatic heterocycles. The smallest absolute Gasteiger partial charge is 0.267 e. The van der Waals surface area contributed by atoms with Crippen molar-refractivity contribution in [3.8, 4) is 0 Å². The SMILES string of the molecule is CC(C(=O)Nc1ccc(S(=O)(=O)Nc2nccs2)cc1)n1ncccc1=O. The van der Waals surface area contributed by atoms with Crippen LogP contribution in [0, 0.1) is 0 Å². The summed E-state index contributed by atoms with van der Waals surface area (Å²) >= 11 is 1.17. The first-order valence-electron chi connectivity index (χ1n) is 7.74. The van der Waals surface area contributed by atoms with Gasteiger partial charge in [0, 0.05) is 29.5 Å². The van der Waals surface area contributed by atoms with Crippen molar-refractivity contribution in [2.45, 2.75) is 17.9 Å². The summed E-state index contributed by atoms with van der Waals surface area (Å²) in [7, 11) is -3.76. The Labute approximate surface area is 158 Å². The van der Waals surface area contributed by atoms with Gasteiger partial charge >= 0.3 is 0 Å². The summed E-state index contributed by atoms with van der Waals surface area (Å²) in [6.07, 6.45) is 2.91. The Balaban J connectivity index is 1.71. The zero-order valence-electron chi connectivity index (χ0n) is 14.1. The molecular weight excluding hydrogens is 390 g/mol. The molecule has 27 heavy (non-hydrogen) atoms. The molecule has 1 amide bonds. The number of carbonyl (C=O) groups is 1. The second kappa shape index (κ2) is 7.68. The molecule has 1 aromatic carbocycles. The van der Waals surface area contributed by atoms with E-state index in [-0.39, 0.29) is 10.0 Å². The van der Waals surface area contributed by atoms with Crippen molar-refractivity contribution in [2.24, 2.45) is 0 Å². The number of thiazole rings is 1. The minimum absolute atomic E-state index is 0.0321. The van der Waals surface area contributed by atoms with E-state index < -0.39 is 27.5 Å². The summed E-state index contributed by atoms with van der Waals surface area (Å²) in [5, 5.41) is 8.42. The maximum Gasteiger partial charge on any atom is 0.267 e. The average molecular weight is 405 g/mol. The van der Waals surface area contributed by atoms with Crippen LogP contribution in [0.15, 0.2) is 63.9 Å². The summed E-state index contributed by atoms with van der Waals surface area (Å²) in [5.41, 5.74) is -0.00104. The van der Waals surface area contributed by atoms with Gasteiger partial charge in [-0.15, -0.1) is 11.3 Å². The minimum Gasteiger partial charge on any atom is -0.324 e. The zero-order chi connectivity index (χ0) is 19.4. The van der Waals surface area contributed by atoms with Crippen LogP contribution in [0.2, 0.25) is 0 Å². The van der Waals surface area contributed by atoms with Crippen molar-refractivity contribution in [1.82, 2.24) is 14.8 Å². The molecule has 1 unspecified atom stereocenters. The Morgan fingerprint density at radius 1 is 1.19 bits per heavy atom. The molecule has 0 bridgehead atoms. The van der Waals surface area contributed by atoms with Crippen molar-refractivity contribution in [2.75, 3.05) is 10.0 Å². The van der Waals surface area contributed by atoms with E-state index in [1.54, 1.807) is 12.3 Å². The first-order chi connectivity index (χ1) is 12.9. The monoisotopic (exact) mass is 405 g/mol. The number of rotatable bonds is 6. The number of anilines is 2. The summed E-state index contributed by atoms with van der Waals surface area (Å²) in [6.45, 7) is 1.54. The molecule has 2 heterocycles. The van der Waals surface area contributed by atoms with Crippen LogP contribution < -0.4 is 15.6 Å². The highest BCUT2D eigenvalue weighted by Crippen LogP contribution is 2.20. The quantitative estimate of drug-likeness (QED) is 0.643. The highest BCUT2D eigenvalue weighted by Gasteiger charge is 2.18. The van der Waals surface area contributed by atoms with E-state index in [0.717, 1.165) is 4.68 Å². The summed E-state index contributed by atoms with van der Waals surface area (Å²) in [5.74, 6) is -0.452. The van der Waals surface area contributed by atoms with Gasteiger partial charge in [0.25, 0.3) is 15.6 Å². The van der Waals surface area contributed by atoms with Gasteiger partial charge in [0.05, 0.1) is 4.90 Å². The van der Waals surface area contributed by atoms with Crippen molar-refractivity contribution < 1.29 is 13.2 Å². The average Bonchev–Trinajstić information content (AvgIpc) is 3.14. The summed E-state index contributed by atoms with van der Waals surface area (Å²) in [6, 6.07) is 7.62. The first kappa shape index (κ1) is 18.7. The molecule has 11 heteroatoms. The number of nitrogens with zero attached hydrogens (tertiary/aromatic N) is 3. The van der Waals surface area contributed by atoms with Gasteiger partial charge in [-0.05, 0) is 37.3 Å². The van der Waals surface area contributed by atoms with Crippen molar-refractivity contribution >= 4 is 38.1 Å². The molecule has 1 atom stereocenters. The number of aromatic nitrogens is 3. The third kappa shape index (κ3) is 4.38. The lowest BCUT2D eigenvalue weighted by atomic mass is 10.2. The first-order valence-corrected chi connectivity index (χ1v) is 10.1. The van der Waals surface area contributed by atoms with Crippen LogP contribution in [0.25, 0.3) is 0 Å². The molecule has 2 aromatic heterocycles. The predicted octanol–water partition coefficient (Wildman–Crippen LogP) is 1.70. The van der Waals surface area contributed by atoms with E-state index in [1.807, 2.05) is 0 Å². The van der Waals surface area contributed by atoms with Gasteiger partial charge in [-0.3, -0.25) is 14.3 Å². The van der Waals surface area contributed by atoms with Crippen LogP contribution >= 0.6 is 11.3 Å². The number of benzene rings is 1. The van der Waals surface area contributed by atoms with Crippen LogP contribution in [0.4, 0.5) is 10.8 Å². The van der Waals surface area contributed by atoms with E-state index in [0.29, 0.717) is 5.69 Å². The molecule has 0 saturated carbocycles. The third-order valence-electron chi connectivity index (χ3n) is 3.57. The molecule has 3 rings (SSSR count). The predicted molar refractivity (Wildman–Crippen MR) is 101 cm³/mol. The molecule has 2 N–H and O–H groups in total. The van der Waals surface area contributed by atoms with Gasteiger partial charge < -0.3 is 5.32 Å². The lowest BCUT2D eigenvalue weighted by Crippen LogP contribution is -2.32. The van der Waals surface area contributed by atoms with E-state index in [1.165, 1.54) is 60.1 Å². The van der Waals surface area contributed by atoms with E-state index >= 15 is 0 Å². The summed E-state index contributed by atoms with van der Waals surface area (Å²) < 4.78 is 28.0. The van der Waals surface area contributed by atoms with E-state index in [9.17, 15) is 18.0 Å². The fraction of sp³-hybridized carbons (Fsp3) is 0.125.